The van der Waals surface area contributed by atoms with Gasteiger partial charge in [-0.3, -0.25) is 4.99 Å². The Morgan fingerprint density at radius 3 is 2.68 bits per heavy atom. The van der Waals surface area contributed by atoms with Crippen LogP contribution in [0.25, 0.3) is 0 Å². The molecule has 1 atom stereocenters. The van der Waals surface area contributed by atoms with Gasteiger partial charge in [0.05, 0.1) is 20.8 Å². The molecule has 0 bridgehead atoms. The number of halogens is 1. The zero-order valence-electron chi connectivity index (χ0n) is 16.5. The van der Waals surface area contributed by atoms with Gasteiger partial charge in [-0.2, -0.15) is 0 Å². The van der Waals surface area contributed by atoms with Crippen LogP contribution in [0.1, 0.15) is 11.1 Å². The van der Waals surface area contributed by atoms with Crippen LogP contribution in [0.5, 0.6) is 17.2 Å². The van der Waals surface area contributed by atoms with Crippen LogP contribution in [-0.4, -0.2) is 46.4 Å². The van der Waals surface area contributed by atoms with Crippen molar-refractivity contribution in [1.29, 1.82) is 0 Å². The van der Waals surface area contributed by atoms with Crippen LogP contribution >= 0.6 is 24.0 Å². The van der Waals surface area contributed by atoms with Gasteiger partial charge in [-0.15, -0.1) is 24.0 Å². The van der Waals surface area contributed by atoms with E-state index in [1.807, 2.05) is 36.4 Å². The van der Waals surface area contributed by atoms with E-state index < -0.39 is 0 Å². The molecular formula is C21H28IN3O3. The van der Waals surface area contributed by atoms with Gasteiger partial charge in [0.25, 0.3) is 0 Å². The number of benzene rings is 2. The standard InChI is InChI=1S/C21H27N3O3.HI/c1-22-21(24-14-18-13-15-6-4-5-7-20(15)27-18)23-11-10-16-12-17(25-2)8-9-19(16)26-3;/h4-9,12,18H,10-11,13-14H2,1-3H3,(H2,22,23,24);1H. The average molecular weight is 497 g/mol. The Balaban J connectivity index is 0.00000280. The Labute approximate surface area is 183 Å². The van der Waals surface area contributed by atoms with Crippen LogP contribution in [0.2, 0.25) is 0 Å². The first-order chi connectivity index (χ1) is 13.2. The van der Waals surface area contributed by atoms with Crippen molar-refractivity contribution >= 4 is 29.9 Å². The Kier molecular flexibility index (Phi) is 8.69. The Bertz CT molecular complexity index is 773. The molecule has 7 heteroatoms. The summed E-state index contributed by atoms with van der Waals surface area (Å²) in [5.74, 6) is 3.43. The maximum absolute atomic E-state index is 5.96. The van der Waals surface area contributed by atoms with Gasteiger partial charge in [-0.25, -0.2) is 0 Å². The topological polar surface area (TPSA) is 64.1 Å². The lowest BCUT2D eigenvalue weighted by Crippen LogP contribution is -2.42. The third kappa shape index (κ3) is 5.67. The summed E-state index contributed by atoms with van der Waals surface area (Å²) in [6.45, 7) is 1.44. The number of nitrogens with zero attached hydrogens (tertiary/aromatic N) is 1. The highest BCUT2D eigenvalue weighted by Crippen LogP contribution is 2.27. The summed E-state index contributed by atoms with van der Waals surface area (Å²) in [7, 11) is 5.11. The van der Waals surface area contributed by atoms with E-state index >= 15 is 0 Å². The molecule has 2 N–H and O–H groups in total. The molecule has 2 aromatic rings. The fourth-order valence-corrected chi connectivity index (χ4v) is 3.19. The van der Waals surface area contributed by atoms with E-state index in [0.29, 0.717) is 6.54 Å². The van der Waals surface area contributed by atoms with Gasteiger partial charge in [0.1, 0.15) is 23.4 Å². The van der Waals surface area contributed by atoms with Crippen molar-refractivity contribution in [1.82, 2.24) is 10.6 Å². The van der Waals surface area contributed by atoms with Gasteiger partial charge in [0.2, 0.25) is 0 Å². The van der Waals surface area contributed by atoms with Gasteiger partial charge in [-0.05, 0) is 41.8 Å². The van der Waals surface area contributed by atoms with Crippen molar-refractivity contribution in [3.63, 3.8) is 0 Å². The molecule has 0 fully saturated rings. The summed E-state index contributed by atoms with van der Waals surface area (Å²) < 4.78 is 16.7. The molecule has 3 rings (SSSR count). The van der Waals surface area contributed by atoms with Crippen molar-refractivity contribution in [3.8, 4) is 17.2 Å². The number of methoxy groups -OCH3 is 2. The number of nitrogens with one attached hydrogen (secondary N) is 2. The first kappa shape index (κ1) is 22.1. The van der Waals surface area contributed by atoms with E-state index in [0.717, 1.165) is 48.2 Å². The first-order valence-electron chi connectivity index (χ1n) is 9.13. The SMILES string of the molecule is CN=C(NCCc1cc(OC)ccc1OC)NCC1Cc2ccccc2O1.I. The zero-order valence-corrected chi connectivity index (χ0v) is 18.9. The fourth-order valence-electron chi connectivity index (χ4n) is 3.19. The molecule has 0 aliphatic carbocycles. The van der Waals surface area contributed by atoms with E-state index in [1.165, 1.54) is 5.56 Å². The molecule has 1 aliphatic rings. The molecule has 152 valence electrons. The van der Waals surface area contributed by atoms with Gasteiger partial charge in [0, 0.05) is 20.0 Å². The van der Waals surface area contributed by atoms with E-state index in [1.54, 1.807) is 21.3 Å². The molecule has 0 amide bonds. The molecule has 0 spiro atoms. The van der Waals surface area contributed by atoms with E-state index in [9.17, 15) is 0 Å². The van der Waals surface area contributed by atoms with E-state index in [-0.39, 0.29) is 30.1 Å². The summed E-state index contributed by atoms with van der Waals surface area (Å²) >= 11 is 0. The van der Waals surface area contributed by atoms with Crippen LogP contribution in [0.4, 0.5) is 0 Å². The van der Waals surface area contributed by atoms with Crippen molar-refractivity contribution < 1.29 is 14.2 Å². The minimum Gasteiger partial charge on any atom is -0.497 e. The maximum atomic E-state index is 5.96. The van der Waals surface area contributed by atoms with Crippen molar-refractivity contribution in [2.45, 2.75) is 18.9 Å². The van der Waals surface area contributed by atoms with Gasteiger partial charge >= 0.3 is 0 Å². The van der Waals surface area contributed by atoms with Crippen molar-refractivity contribution in [3.05, 3.63) is 53.6 Å². The monoisotopic (exact) mass is 497 g/mol. The number of para-hydroxylation sites is 1. The number of hydrogen-bond donors (Lipinski definition) is 2. The molecule has 0 saturated heterocycles. The second kappa shape index (κ2) is 11.0. The summed E-state index contributed by atoms with van der Waals surface area (Å²) in [6, 6.07) is 14.0. The molecule has 0 saturated carbocycles. The Morgan fingerprint density at radius 1 is 1.14 bits per heavy atom. The predicted molar refractivity (Wildman–Crippen MR) is 123 cm³/mol. The molecule has 1 heterocycles. The van der Waals surface area contributed by atoms with Gasteiger partial charge in [0.15, 0.2) is 5.96 Å². The summed E-state index contributed by atoms with van der Waals surface area (Å²) in [5, 5.41) is 6.68. The zero-order chi connectivity index (χ0) is 19.1. The van der Waals surface area contributed by atoms with Crippen LogP contribution in [0.15, 0.2) is 47.5 Å². The molecule has 1 unspecified atom stereocenters. The van der Waals surface area contributed by atoms with Crippen molar-refractivity contribution in [2.24, 2.45) is 4.99 Å². The lowest BCUT2D eigenvalue weighted by Gasteiger charge is -2.16. The lowest BCUT2D eigenvalue weighted by atomic mass is 10.1. The number of ether oxygens (including phenoxy) is 3. The lowest BCUT2D eigenvalue weighted by molar-refractivity contribution is 0.235. The Morgan fingerprint density at radius 2 is 1.96 bits per heavy atom. The van der Waals surface area contributed by atoms with Crippen LogP contribution < -0.4 is 24.8 Å². The molecule has 1 aliphatic heterocycles. The summed E-state index contributed by atoms with van der Waals surface area (Å²) in [4.78, 5) is 4.29. The third-order valence-corrected chi connectivity index (χ3v) is 4.61. The number of aliphatic imine (C=N–C) groups is 1. The minimum atomic E-state index is 0. The summed E-state index contributed by atoms with van der Waals surface area (Å²) in [5.41, 5.74) is 2.35. The second-order valence-electron chi connectivity index (χ2n) is 6.36. The van der Waals surface area contributed by atoms with E-state index in [2.05, 4.69) is 21.7 Å². The molecule has 6 nitrogen and oxygen atoms in total. The summed E-state index contributed by atoms with van der Waals surface area (Å²) in [6.07, 6.45) is 1.84. The highest BCUT2D eigenvalue weighted by Gasteiger charge is 2.22. The predicted octanol–water partition coefficient (Wildman–Crippen LogP) is 3.03. The number of hydrogen-bond acceptors (Lipinski definition) is 4. The molecule has 28 heavy (non-hydrogen) atoms. The highest BCUT2D eigenvalue weighted by atomic mass is 127. The fraction of sp³-hybridized carbons (Fsp3) is 0.381. The second-order valence-corrected chi connectivity index (χ2v) is 6.36. The number of guanidine groups is 1. The van der Waals surface area contributed by atoms with E-state index in [4.69, 9.17) is 14.2 Å². The van der Waals surface area contributed by atoms with Crippen LogP contribution in [0, 0.1) is 0 Å². The number of fused-ring (bicyclic) bond motifs is 1. The number of rotatable bonds is 7. The van der Waals surface area contributed by atoms with Crippen LogP contribution in [-0.2, 0) is 12.8 Å². The maximum Gasteiger partial charge on any atom is 0.191 e. The minimum absolute atomic E-state index is 0. The normalized spacial score (nSPS) is 15.1. The third-order valence-electron chi connectivity index (χ3n) is 4.61. The average Bonchev–Trinajstić information content (AvgIpc) is 3.13. The highest BCUT2D eigenvalue weighted by molar-refractivity contribution is 14.0. The molecule has 2 aromatic carbocycles. The van der Waals surface area contributed by atoms with Crippen LogP contribution in [0.3, 0.4) is 0 Å². The molecule has 0 aromatic heterocycles. The quantitative estimate of drug-likeness (QED) is 0.350. The largest absolute Gasteiger partial charge is 0.497 e. The molecular weight excluding hydrogens is 469 g/mol. The Hall–Kier alpha value is -2.16. The van der Waals surface area contributed by atoms with Gasteiger partial charge in [-0.1, -0.05) is 18.2 Å². The van der Waals surface area contributed by atoms with Gasteiger partial charge < -0.3 is 24.8 Å². The van der Waals surface area contributed by atoms with Crippen molar-refractivity contribution in [2.75, 3.05) is 34.4 Å². The molecule has 0 radical (unpaired) electrons. The smallest absolute Gasteiger partial charge is 0.191 e. The first-order valence-corrected chi connectivity index (χ1v) is 9.13.